The van der Waals surface area contributed by atoms with Crippen molar-refractivity contribution in [2.75, 3.05) is 0 Å². The maximum atomic E-state index is 8.78. The molecule has 0 spiro atoms. The van der Waals surface area contributed by atoms with Crippen LogP contribution in [0.3, 0.4) is 0 Å². The van der Waals surface area contributed by atoms with Gasteiger partial charge in [0.2, 0.25) is 0 Å². The SMILES string of the molecule is N#CCc1nc2ccc(Cc3ccc4nc(CC#N)[nH]c4c3)cc2[nH]1. The van der Waals surface area contributed by atoms with Crippen LogP contribution in [0.25, 0.3) is 22.1 Å². The van der Waals surface area contributed by atoms with Crippen LogP contribution in [0.4, 0.5) is 0 Å². The average Bonchev–Trinajstić information content (AvgIpc) is 3.17. The summed E-state index contributed by atoms with van der Waals surface area (Å²) in [5.74, 6) is 1.39. The van der Waals surface area contributed by atoms with E-state index in [1.807, 2.05) is 12.1 Å². The van der Waals surface area contributed by atoms with Crippen LogP contribution in [-0.2, 0) is 19.3 Å². The normalized spacial score (nSPS) is 10.8. The topological polar surface area (TPSA) is 105 Å². The molecule has 4 aromatic rings. The lowest BCUT2D eigenvalue weighted by molar-refractivity contribution is 1.08. The Labute approximate surface area is 143 Å². The quantitative estimate of drug-likeness (QED) is 0.601. The van der Waals surface area contributed by atoms with Crippen molar-refractivity contribution in [1.82, 2.24) is 19.9 Å². The first kappa shape index (κ1) is 14.9. The highest BCUT2D eigenvalue weighted by Gasteiger charge is 2.06. The number of nitriles is 2. The summed E-state index contributed by atoms with van der Waals surface area (Å²) >= 11 is 0. The smallest absolute Gasteiger partial charge is 0.121 e. The minimum Gasteiger partial charge on any atom is -0.341 e. The third-order valence-electron chi connectivity index (χ3n) is 4.09. The molecule has 0 aliphatic rings. The standard InChI is InChI=1S/C19H14N6/c20-7-5-18-22-14-3-1-12(10-16(14)24-18)9-13-2-4-15-17(11-13)25-19(23-15)6-8-21/h1-4,10-11H,5-6,9H2,(H,22,24)(H,23,25). The Morgan fingerprint density at radius 3 is 1.68 bits per heavy atom. The molecular weight excluding hydrogens is 312 g/mol. The van der Waals surface area contributed by atoms with Gasteiger partial charge >= 0.3 is 0 Å². The Balaban J connectivity index is 1.62. The summed E-state index contributed by atoms with van der Waals surface area (Å²) in [5, 5.41) is 17.6. The van der Waals surface area contributed by atoms with Crippen molar-refractivity contribution in [2.45, 2.75) is 19.3 Å². The number of hydrogen-bond donors (Lipinski definition) is 2. The lowest BCUT2D eigenvalue weighted by Gasteiger charge is -2.02. The van der Waals surface area contributed by atoms with Crippen molar-refractivity contribution in [1.29, 1.82) is 10.5 Å². The van der Waals surface area contributed by atoms with Crippen LogP contribution >= 0.6 is 0 Å². The monoisotopic (exact) mass is 326 g/mol. The van der Waals surface area contributed by atoms with Crippen molar-refractivity contribution < 1.29 is 0 Å². The van der Waals surface area contributed by atoms with E-state index in [1.54, 1.807) is 0 Å². The number of imidazole rings is 2. The van der Waals surface area contributed by atoms with Gasteiger partial charge in [-0.2, -0.15) is 10.5 Å². The second-order valence-electron chi connectivity index (χ2n) is 5.92. The molecule has 0 bridgehead atoms. The molecule has 120 valence electrons. The summed E-state index contributed by atoms with van der Waals surface area (Å²) in [4.78, 5) is 15.2. The van der Waals surface area contributed by atoms with Crippen molar-refractivity contribution >= 4 is 22.1 Å². The van der Waals surface area contributed by atoms with Crippen molar-refractivity contribution in [3.05, 3.63) is 59.2 Å². The van der Waals surface area contributed by atoms with Crippen LogP contribution < -0.4 is 0 Å². The minimum absolute atomic E-state index is 0.283. The summed E-state index contributed by atoms with van der Waals surface area (Å²) in [7, 11) is 0. The molecule has 0 aliphatic heterocycles. The van der Waals surface area contributed by atoms with E-state index in [2.05, 4.69) is 56.3 Å². The van der Waals surface area contributed by atoms with E-state index in [1.165, 1.54) is 0 Å². The maximum absolute atomic E-state index is 8.78. The second-order valence-corrected chi connectivity index (χ2v) is 5.92. The van der Waals surface area contributed by atoms with E-state index >= 15 is 0 Å². The Bertz CT molecular complexity index is 1060. The summed E-state index contributed by atoms with van der Waals surface area (Å²) < 4.78 is 0. The maximum Gasteiger partial charge on any atom is 0.121 e. The third kappa shape index (κ3) is 2.93. The van der Waals surface area contributed by atoms with Gasteiger partial charge in [0.05, 0.1) is 47.0 Å². The highest BCUT2D eigenvalue weighted by Crippen LogP contribution is 2.20. The molecule has 0 aliphatic carbocycles. The van der Waals surface area contributed by atoms with E-state index in [4.69, 9.17) is 10.5 Å². The molecule has 6 heteroatoms. The molecule has 0 atom stereocenters. The number of aromatic nitrogens is 4. The molecule has 2 aromatic heterocycles. The van der Waals surface area contributed by atoms with Gasteiger partial charge in [-0.25, -0.2) is 9.97 Å². The number of aromatic amines is 2. The van der Waals surface area contributed by atoms with Gasteiger partial charge in [-0.1, -0.05) is 12.1 Å². The Morgan fingerprint density at radius 2 is 1.24 bits per heavy atom. The van der Waals surface area contributed by atoms with E-state index in [0.29, 0.717) is 11.6 Å². The van der Waals surface area contributed by atoms with Crippen LogP contribution in [-0.4, -0.2) is 19.9 Å². The molecular formula is C19H14N6. The number of nitrogens with one attached hydrogen (secondary N) is 2. The number of nitrogens with zero attached hydrogens (tertiary/aromatic N) is 4. The largest absolute Gasteiger partial charge is 0.341 e. The molecule has 0 saturated carbocycles. The predicted octanol–water partition coefficient (Wildman–Crippen LogP) is 3.16. The van der Waals surface area contributed by atoms with Gasteiger partial charge in [-0.3, -0.25) is 0 Å². The summed E-state index contributed by atoms with van der Waals surface area (Å²) in [6.45, 7) is 0. The summed E-state index contributed by atoms with van der Waals surface area (Å²) in [6, 6.07) is 16.4. The average molecular weight is 326 g/mol. The molecule has 0 unspecified atom stereocenters. The number of rotatable bonds is 4. The first-order valence-electron chi connectivity index (χ1n) is 7.94. The zero-order valence-electron chi connectivity index (χ0n) is 13.4. The predicted molar refractivity (Wildman–Crippen MR) is 93.6 cm³/mol. The molecule has 0 amide bonds. The number of H-pyrrole nitrogens is 2. The summed E-state index contributed by atoms with van der Waals surface area (Å²) in [5.41, 5.74) is 5.97. The zero-order valence-corrected chi connectivity index (χ0v) is 13.4. The van der Waals surface area contributed by atoms with E-state index < -0.39 is 0 Å². The van der Waals surface area contributed by atoms with E-state index in [9.17, 15) is 0 Å². The molecule has 4 rings (SSSR count). The molecule has 2 aromatic carbocycles. The number of benzene rings is 2. The van der Waals surface area contributed by atoms with Gasteiger partial charge in [0.15, 0.2) is 0 Å². The number of hydrogen-bond acceptors (Lipinski definition) is 4. The van der Waals surface area contributed by atoms with Gasteiger partial charge in [-0.05, 0) is 41.8 Å². The van der Waals surface area contributed by atoms with Gasteiger partial charge in [0.25, 0.3) is 0 Å². The molecule has 2 N–H and O–H groups in total. The van der Waals surface area contributed by atoms with Crippen LogP contribution in [0.2, 0.25) is 0 Å². The van der Waals surface area contributed by atoms with Gasteiger partial charge in [0.1, 0.15) is 11.6 Å². The molecule has 2 heterocycles. The minimum atomic E-state index is 0.283. The van der Waals surface area contributed by atoms with Crippen LogP contribution in [0.5, 0.6) is 0 Å². The first-order valence-corrected chi connectivity index (χ1v) is 7.94. The van der Waals surface area contributed by atoms with Crippen molar-refractivity contribution in [3.63, 3.8) is 0 Å². The fourth-order valence-electron chi connectivity index (χ4n) is 2.99. The first-order chi connectivity index (χ1) is 12.2. The van der Waals surface area contributed by atoms with Gasteiger partial charge < -0.3 is 9.97 Å². The molecule has 0 radical (unpaired) electrons. The van der Waals surface area contributed by atoms with E-state index in [-0.39, 0.29) is 12.8 Å². The fraction of sp³-hybridized carbons (Fsp3) is 0.158. The highest BCUT2D eigenvalue weighted by atomic mass is 14.9. The Kier molecular flexibility index (Phi) is 3.64. The molecule has 6 nitrogen and oxygen atoms in total. The van der Waals surface area contributed by atoms with E-state index in [0.717, 1.165) is 39.6 Å². The third-order valence-corrected chi connectivity index (χ3v) is 4.09. The van der Waals surface area contributed by atoms with Gasteiger partial charge in [-0.15, -0.1) is 0 Å². The molecule has 0 saturated heterocycles. The van der Waals surface area contributed by atoms with Crippen LogP contribution in [0.15, 0.2) is 36.4 Å². The van der Waals surface area contributed by atoms with Gasteiger partial charge in [0, 0.05) is 0 Å². The second kappa shape index (κ2) is 6.10. The Morgan fingerprint density at radius 1 is 0.760 bits per heavy atom. The fourth-order valence-corrected chi connectivity index (χ4v) is 2.99. The summed E-state index contributed by atoms with van der Waals surface area (Å²) in [6.07, 6.45) is 1.35. The number of fused-ring (bicyclic) bond motifs is 2. The molecule has 25 heavy (non-hydrogen) atoms. The lowest BCUT2D eigenvalue weighted by Crippen LogP contribution is -1.88. The highest BCUT2D eigenvalue weighted by molar-refractivity contribution is 5.77. The van der Waals surface area contributed by atoms with Crippen molar-refractivity contribution in [2.24, 2.45) is 0 Å². The zero-order chi connectivity index (χ0) is 17.2. The van der Waals surface area contributed by atoms with Crippen molar-refractivity contribution in [3.8, 4) is 12.1 Å². The van der Waals surface area contributed by atoms with Crippen LogP contribution in [0, 0.1) is 22.7 Å². The van der Waals surface area contributed by atoms with Crippen LogP contribution in [0.1, 0.15) is 22.8 Å². The Hall–Kier alpha value is -3.64. The lowest BCUT2D eigenvalue weighted by atomic mass is 10.0. The molecule has 0 fully saturated rings.